The quantitative estimate of drug-likeness (QED) is 0.284. The third-order valence-corrected chi connectivity index (χ3v) is 8.75. The fraction of sp³-hybridized carbons (Fsp3) is 0.250. The highest BCUT2D eigenvalue weighted by Gasteiger charge is 2.20. The van der Waals surface area contributed by atoms with Crippen molar-refractivity contribution in [2.24, 2.45) is 0 Å². The van der Waals surface area contributed by atoms with Gasteiger partial charge in [0.25, 0.3) is 10.8 Å². The van der Waals surface area contributed by atoms with E-state index in [0.29, 0.717) is 45.0 Å². The Morgan fingerprint density at radius 3 is 2.51 bits per heavy atom. The zero-order chi connectivity index (χ0) is 26.3. The molecule has 0 aliphatic carbocycles. The molecule has 13 heteroatoms. The average Bonchev–Trinajstić information content (AvgIpc) is 3.46. The number of halogens is 1. The van der Waals surface area contributed by atoms with Gasteiger partial charge in [0, 0.05) is 11.6 Å². The second-order valence-electron chi connectivity index (χ2n) is 8.22. The van der Waals surface area contributed by atoms with E-state index in [4.69, 9.17) is 16.0 Å². The van der Waals surface area contributed by atoms with E-state index in [1.54, 1.807) is 29.7 Å². The van der Waals surface area contributed by atoms with E-state index < -0.39 is 21.1 Å². The largest absolute Gasteiger partial charge is 0.431 e. The van der Waals surface area contributed by atoms with Gasteiger partial charge in [0.15, 0.2) is 26.6 Å². The second kappa shape index (κ2) is 9.84. The van der Waals surface area contributed by atoms with Crippen molar-refractivity contribution >= 4 is 55.5 Å². The maximum atomic E-state index is 12.7. The molecule has 0 saturated heterocycles. The topological polar surface area (TPSA) is 133 Å². The minimum absolute atomic E-state index is 0.00652. The molecule has 0 amide bonds. The molecule has 192 valence electrons. The number of oxazole rings is 1. The Morgan fingerprint density at radius 2 is 1.81 bits per heavy atom. The zero-order valence-electron chi connectivity index (χ0n) is 19.9. The van der Waals surface area contributed by atoms with Crippen molar-refractivity contribution in [2.75, 3.05) is 5.75 Å². The Balaban J connectivity index is 1.49. The molecule has 5 rings (SSSR count). The Hall–Kier alpha value is -3.35. The van der Waals surface area contributed by atoms with Crippen LogP contribution in [0.1, 0.15) is 25.2 Å². The molecular weight excluding hydrogens is 538 g/mol. The lowest BCUT2D eigenvalue weighted by Gasteiger charge is -2.07. The van der Waals surface area contributed by atoms with Crippen LogP contribution in [0, 0.1) is 0 Å². The third kappa shape index (κ3) is 4.83. The molecule has 0 atom stereocenters. The highest BCUT2D eigenvalue weighted by atomic mass is 35.5. The number of imidazole rings is 1. The van der Waals surface area contributed by atoms with E-state index in [9.17, 15) is 18.0 Å². The van der Waals surface area contributed by atoms with Crippen LogP contribution in [-0.4, -0.2) is 38.3 Å². The summed E-state index contributed by atoms with van der Waals surface area (Å²) in [6.07, 6.45) is 0. The van der Waals surface area contributed by atoms with Crippen LogP contribution in [0.2, 0.25) is 5.02 Å². The summed E-state index contributed by atoms with van der Waals surface area (Å²) in [5.41, 5.74) is 1.27. The number of aromatic amines is 1. The van der Waals surface area contributed by atoms with Gasteiger partial charge in [0.1, 0.15) is 11.3 Å². The number of nitrogens with one attached hydrogen (secondary N) is 1. The summed E-state index contributed by atoms with van der Waals surface area (Å²) in [5.74, 6) is 0.872. The minimum Gasteiger partial charge on any atom is -0.431 e. The molecule has 2 aromatic carbocycles. The standard InChI is InChI=1S/C24H22ClN5O5S2/c1-3-29-19(13-36-24-26-17-11-16(37(33,34)4-2)9-10-18(17)35-24)27-21-20(29)22(31)28-23(32)30(21)12-14-5-7-15(25)8-6-14/h5-11H,3-4,12-13H2,1-2H3,(H,28,31,32). The average molecular weight is 560 g/mol. The molecule has 0 spiro atoms. The monoisotopic (exact) mass is 559 g/mol. The first kappa shape index (κ1) is 25.3. The first-order valence-electron chi connectivity index (χ1n) is 11.4. The van der Waals surface area contributed by atoms with Crippen LogP contribution in [0.15, 0.2) is 66.6 Å². The lowest BCUT2D eigenvalue weighted by Crippen LogP contribution is -2.31. The third-order valence-electron chi connectivity index (χ3n) is 5.94. The van der Waals surface area contributed by atoms with Crippen LogP contribution in [-0.2, 0) is 28.7 Å². The molecule has 10 nitrogen and oxygen atoms in total. The van der Waals surface area contributed by atoms with Crippen molar-refractivity contribution in [1.29, 1.82) is 0 Å². The van der Waals surface area contributed by atoms with Gasteiger partial charge in [-0.15, -0.1) is 0 Å². The van der Waals surface area contributed by atoms with Crippen LogP contribution >= 0.6 is 23.4 Å². The Kier molecular flexibility index (Phi) is 6.73. The molecule has 5 aromatic rings. The number of aromatic nitrogens is 5. The van der Waals surface area contributed by atoms with Crippen LogP contribution < -0.4 is 11.2 Å². The number of H-pyrrole nitrogens is 1. The molecular formula is C24H22ClN5O5S2. The summed E-state index contributed by atoms with van der Waals surface area (Å²) < 4.78 is 33.4. The van der Waals surface area contributed by atoms with E-state index in [1.165, 1.54) is 28.5 Å². The summed E-state index contributed by atoms with van der Waals surface area (Å²) in [5, 5.41) is 0.919. The predicted octanol–water partition coefficient (Wildman–Crippen LogP) is 3.84. The SMILES string of the molecule is CCn1c(CSc2nc3cc(S(=O)(=O)CC)ccc3o2)nc2c1c(=O)[nH]c(=O)n2Cc1ccc(Cl)cc1. The number of hydrogen-bond acceptors (Lipinski definition) is 8. The molecule has 0 saturated carbocycles. The van der Waals surface area contributed by atoms with Crippen molar-refractivity contribution in [3.8, 4) is 0 Å². The minimum atomic E-state index is -3.36. The van der Waals surface area contributed by atoms with E-state index in [2.05, 4.69) is 15.0 Å². The second-order valence-corrected chi connectivity index (χ2v) is 11.9. The maximum absolute atomic E-state index is 12.7. The van der Waals surface area contributed by atoms with Crippen molar-refractivity contribution in [3.05, 3.63) is 79.7 Å². The molecule has 0 aliphatic heterocycles. The van der Waals surface area contributed by atoms with E-state index in [-0.39, 0.29) is 22.8 Å². The Bertz CT molecular complexity index is 1850. The van der Waals surface area contributed by atoms with Crippen molar-refractivity contribution in [3.63, 3.8) is 0 Å². The number of sulfone groups is 1. The summed E-state index contributed by atoms with van der Waals surface area (Å²) in [7, 11) is -3.36. The summed E-state index contributed by atoms with van der Waals surface area (Å²) in [6.45, 7) is 4.15. The first-order chi connectivity index (χ1) is 17.7. The van der Waals surface area contributed by atoms with E-state index >= 15 is 0 Å². The number of nitrogens with zero attached hydrogens (tertiary/aromatic N) is 4. The number of fused-ring (bicyclic) bond motifs is 2. The fourth-order valence-electron chi connectivity index (χ4n) is 4.02. The highest BCUT2D eigenvalue weighted by molar-refractivity contribution is 7.98. The van der Waals surface area contributed by atoms with E-state index in [1.807, 2.05) is 19.1 Å². The van der Waals surface area contributed by atoms with Gasteiger partial charge in [0.05, 0.1) is 22.9 Å². The number of rotatable bonds is 8. The van der Waals surface area contributed by atoms with Crippen LogP contribution in [0.4, 0.5) is 0 Å². The number of hydrogen-bond donors (Lipinski definition) is 1. The maximum Gasteiger partial charge on any atom is 0.330 e. The van der Waals surface area contributed by atoms with Crippen molar-refractivity contribution in [1.82, 2.24) is 24.1 Å². The lowest BCUT2D eigenvalue weighted by atomic mass is 10.2. The van der Waals surface area contributed by atoms with Crippen LogP contribution in [0.5, 0.6) is 0 Å². The lowest BCUT2D eigenvalue weighted by molar-refractivity contribution is 0.489. The van der Waals surface area contributed by atoms with Gasteiger partial charge in [-0.3, -0.25) is 14.3 Å². The predicted molar refractivity (Wildman–Crippen MR) is 142 cm³/mol. The molecule has 0 bridgehead atoms. The zero-order valence-corrected chi connectivity index (χ0v) is 22.3. The van der Waals surface area contributed by atoms with Gasteiger partial charge in [-0.25, -0.2) is 23.2 Å². The number of aryl methyl sites for hydroxylation is 1. The van der Waals surface area contributed by atoms with Gasteiger partial charge in [0.2, 0.25) is 0 Å². The van der Waals surface area contributed by atoms with Gasteiger partial charge >= 0.3 is 5.69 Å². The normalized spacial score (nSPS) is 12.1. The number of benzene rings is 2. The molecule has 0 unspecified atom stereocenters. The molecule has 1 N–H and O–H groups in total. The molecule has 0 radical (unpaired) electrons. The molecule has 37 heavy (non-hydrogen) atoms. The van der Waals surface area contributed by atoms with Crippen molar-refractivity contribution < 1.29 is 12.8 Å². The van der Waals surface area contributed by atoms with Gasteiger partial charge < -0.3 is 8.98 Å². The van der Waals surface area contributed by atoms with E-state index in [0.717, 1.165) is 5.56 Å². The Morgan fingerprint density at radius 1 is 1.05 bits per heavy atom. The first-order valence-corrected chi connectivity index (χ1v) is 14.4. The van der Waals surface area contributed by atoms with Crippen LogP contribution in [0.3, 0.4) is 0 Å². The smallest absolute Gasteiger partial charge is 0.330 e. The highest BCUT2D eigenvalue weighted by Crippen LogP contribution is 2.28. The van der Waals surface area contributed by atoms with Crippen molar-refractivity contribution in [2.45, 2.75) is 42.8 Å². The molecule has 0 aliphatic rings. The number of thioether (sulfide) groups is 1. The summed E-state index contributed by atoms with van der Waals surface area (Å²) in [4.78, 5) is 37.1. The van der Waals surface area contributed by atoms with Crippen LogP contribution in [0.25, 0.3) is 22.3 Å². The summed E-state index contributed by atoms with van der Waals surface area (Å²) in [6, 6.07) is 11.7. The molecule has 0 fully saturated rings. The fourth-order valence-corrected chi connectivity index (χ4v) is 5.83. The molecule has 3 aromatic heterocycles. The van der Waals surface area contributed by atoms with Gasteiger partial charge in [-0.2, -0.15) is 0 Å². The summed E-state index contributed by atoms with van der Waals surface area (Å²) >= 11 is 7.24. The van der Waals surface area contributed by atoms with Gasteiger partial charge in [-0.1, -0.05) is 42.4 Å². The molecule has 3 heterocycles. The Labute approximate surface area is 220 Å². The van der Waals surface area contributed by atoms with Gasteiger partial charge in [-0.05, 0) is 42.8 Å².